The third-order valence-electron chi connectivity index (χ3n) is 13.4. The molecule has 0 saturated carbocycles. The molecule has 0 spiro atoms. The molecule has 72 heavy (non-hydrogen) atoms. The van der Waals surface area contributed by atoms with Crippen LogP contribution in [0.25, 0.3) is 0 Å². The summed E-state index contributed by atoms with van der Waals surface area (Å²) in [7, 11) is 0. The van der Waals surface area contributed by atoms with Gasteiger partial charge in [-0.1, -0.05) is 304 Å². The van der Waals surface area contributed by atoms with Crippen LogP contribution in [0.3, 0.4) is 0 Å². The summed E-state index contributed by atoms with van der Waals surface area (Å²) >= 11 is 0. The molecule has 0 aromatic carbocycles. The molecule has 0 aromatic rings. The van der Waals surface area contributed by atoms with Gasteiger partial charge in [-0.3, -0.25) is 9.59 Å². The standard InChI is InChI=1S/C67H116O5/c1-3-5-7-9-11-13-15-17-19-21-23-25-27-29-30-31-32-33-34-35-36-38-40-42-44-46-48-50-52-54-56-58-60-62-67(70)72-65(63-68)64-71-66(69)61-59-57-55-53-51-49-47-45-43-41-39-37-28-26-24-22-20-18-16-14-12-10-8-6-4-2/h5,7,11,13,17,19,23,25,29-30,32-33,35-36,40,42,65,68H,3-4,6,8-10,12,14-16,18,20-22,24,26-28,31,34,37-39,41,43-64H2,1-2H3/b7-5-,13-11-,19-17-,25-23-,30-29-,33-32-,36-35-,42-40-. The highest BCUT2D eigenvalue weighted by Crippen LogP contribution is 2.17. The third kappa shape index (κ3) is 59.4. The smallest absolute Gasteiger partial charge is 0.306 e. The van der Waals surface area contributed by atoms with E-state index < -0.39 is 6.10 Å². The van der Waals surface area contributed by atoms with Crippen molar-refractivity contribution in [3.8, 4) is 0 Å². The van der Waals surface area contributed by atoms with Crippen LogP contribution < -0.4 is 0 Å². The fourth-order valence-electron chi connectivity index (χ4n) is 8.81. The van der Waals surface area contributed by atoms with E-state index in [2.05, 4.69) is 111 Å². The second kappa shape index (κ2) is 62.1. The van der Waals surface area contributed by atoms with Crippen molar-refractivity contribution in [2.75, 3.05) is 13.2 Å². The number of aliphatic hydroxyl groups is 1. The Kier molecular flexibility index (Phi) is 59.4. The van der Waals surface area contributed by atoms with Crippen molar-refractivity contribution in [2.45, 2.75) is 302 Å². The van der Waals surface area contributed by atoms with Gasteiger partial charge in [0.15, 0.2) is 6.10 Å². The highest BCUT2D eigenvalue weighted by molar-refractivity contribution is 5.70. The molecule has 0 fully saturated rings. The van der Waals surface area contributed by atoms with Crippen LogP contribution in [0.1, 0.15) is 296 Å². The number of hydrogen-bond donors (Lipinski definition) is 1. The highest BCUT2D eigenvalue weighted by Gasteiger charge is 2.16. The number of carbonyl (C=O) groups excluding carboxylic acids is 2. The first-order valence-corrected chi connectivity index (χ1v) is 30.8. The van der Waals surface area contributed by atoms with Gasteiger partial charge in [-0.05, 0) is 77.0 Å². The second-order valence-corrected chi connectivity index (χ2v) is 20.4. The summed E-state index contributed by atoms with van der Waals surface area (Å²) in [6, 6.07) is 0. The van der Waals surface area contributed by atoms with Gasteiger partial charge in [-0.2, -0.15) is 0 Å². The zero-order valence-electron chi connectivity index (χ0n) is 47.4. The Bertz CT molecular complexity index is 1360. The number of rotatable bonds is 56. The first-order valence-electron chi connectivity index (χ1n) is 30.8. The van der Waals surface area contributed by atoms with Crippen LogP contribution in [0.15, 0.2) is 97.2 Å². The number of aliphatic hydroxyl groups excluding tert-OH is 1. The molecule has 0 aliphatic heterocycles. The second-order valence-electron chi connectivity index (χ2n) is 20.4. The van der Waals surface area contributed by atoms with Gasteiger partial charge in [0.05, 0.1) is 6.61 Å². The summed E-state index contributed by atoms with van der Waals surface area (Å²) in [5, 5.41) is 9.67. The fourth-order valence-corrected chi connectivity index (χ4v) is 8.81. The number of carbonyl (C=O) groups is 2. The average Bonchev–Trinajstić information content (AvgIpc) is 3.38. The van der Waals surface area contributed by atoms with Crippen molar-refractivity contribution in [3.63, 3.8) is 0 Å². The van der Waals surface area contributed by atoms with Crippen LogP contribution in [-0.2, 0) is 19.1 Å². The predicted octanol–water partition coefficient (Wildman–Crippen LogP) is 21.1. The van der Waals surface area contributed by atoms with E-state index in [1.54, 1.807) is 0 Å². The Morgan fingerprint density at radius 1 is 0.333 bits per heavy atom. The maximum Gasteiger partial charge on any atom is 0.306 e. The molecule has 0 aliphatic rings. The van der Waals surface area contributed by atoms with Crippen molar-refractivity contribution >= 4 is 11.9 Å². The van der Waals surface area contributed by atoms with Gasteiger partial charge >= 0.3 is 11.9 Å². The number of allylic oxidation sites excluding steroid dienone is 16. The van der Waals surface area contributed by atoms with Gasteiger partial charge in [0.2, 0.25) is 0 Å². The molecule has 0 bridgehead atoms. The van der Waals surface area contributed by atoms with E-state index in [-0.39, 0.29) is 25.2 Å². The van der Waals surface area contributed by atoms with Crippen LogP contribution in [-0.4, -0.2) is 36.4 Å². The molecular weight excluding hydrogens is 885 g/mol. The van der Waals surface area contributed by atoms with E-state index in [0.29, 0.717) is 12.8 Å². The highest BCUT2D eigenvalue weighted by atomic mass is 16.6. The van der Waals surface area contributed by atoms with Gasteiger partial charge in [0.1, 0.15) is 6.61 Å². The summed E-state index contributed by atoms with van der Waals surface area (Å²) in [5.41, 5.74) is 0. The van der Waals surface area contributed by atoms with Crippen molar-refractivity contribution in [2.24, 2.45) is 0 Å². The summed E-state index contributed by atoms with van der Waals surface area (Å²) in [6.45, 7) is 4.05. The van der Waals surface area contributed by atoms with E-state index in [1.807, 2.05) is 0 Å². The molecule has 0 aromatic heterocycles. The Morgan fingerprint density at radius 2 is 0.597 bits per heavy atom. The summed E-state index contributed by atoms with van der Waals surface area (Å²) in [6.07, 6.45) is 88.2. The molecule has 5 heteroatoms. The lowest BCUT2D eigenvalue weighted by molar-refractivity contribution is -0.161. The van der Waals surface area contributed by atoms with E-state index in [4.69, 9.17) is 9.47 Å². The molecule has 0 rings (SSSR count). The lowest BCUT2D eigenvalue weighted by atomic mass is 10.0. The minimum Gasteiger partial charge on any atom is -0.462 e. The zero-order chi connectivity index (χ0) is 52.0. The van der Waals surface area contributed by atoms with E-state index in [1.165, 1.54) is 173 Å². The van der Waals surface area contributed by atoms with Crippen LogP contribution in [0.2, 0.25) is 0 Å². The molecule has 1 atom stereocenters. The maximum atomic E-state index is 12.3. The summed E-state index contributed by atoms with van der Waals surface area (Å²) in [5.74, 6) is -0.592. The van der Waals surface area contributed by atoms with Crippen molar-refractivity contribution < 1.29 is 24.2 Å². The first kappa shape index (κ1) is 68.8. The molecule has 0 saturated heterocycles. The summed E-state index contributed by atoms with van der Waals surface area (Å²) < 4.78 is 10.7. The molecular formula is C67H116O5. The van der Waals surface area contributed by atoms with Gasteiger partial charge in [0.25, 0.3) is 0 Å². The Labute approximate surface area is 447 Å². The van der Waals surface area contributed by atoms with Gasteiger partial charge in [-0.15, -0.1) is 0 Å². The van der Waals surface area contributed by atoms with E-state index in [9.17, 15) is 14.7 Å². The molecule has 1 N–H and O–H groups in total. The lowest BCUT2D eigenvalue weighted by Gasteiger charge is -2.15. The Balaban J connectivity index is 3.53. The van der Waals surface area contributed by atoms with Gasteiger partial charge in [-0.25, -0.2) is 0 Å². The Morgan fingerprint density at radius 3 is 0.903 bits per heavy atom. The van der Waals surface area contributed by atoms with Crippen LogP contribution in [0.4, 0.5) is 0 Å². The molecule has 1 unspecified atom stereocenters. The quantitative estimate of drug-likeness (QED) is 0.0373. The lowest BCUT2D eigenvalue weighted by Crippen LogP contribution is -2.28. The first-order chi connectivity index (χ1) is 35.6. The van der Waals surface area contributed by atoms with Crippen LogP contribution >= 0.6 is 0 Å². The molecule has 0 radical (unpaired) electrons. The monoisotopic (exact) mass is 1000 g/mol. The number of esters is 2. The minimum absolute atomic E-state index is 0.0704. The number of hydrogen-bond acceptors (Lipinski definition) is 5. The van der Waals surface area contributed by atoms with Gasteiger partial charge < -0.3 is 14.6 Å². The summed E-state index contributed by atoms with van der Waals surface area (Å²) in [4.78, 5) is 24.6. The average molecular weight is 1000 g/mol. The van der Waals surface area contributed by atoms with Crippen molar-refractivity contribution in [3.05, 3.63) is 97.2 Å². The Hall–Kier alpha value is -3.18. The normalized spacial score (nSPS) is 12.9. The van der Waals surface area contributed by atoms with Crippen molar-refractivity contribution in [1.29, 1.82) is 0 Å². The third-order valence-corrected chi connectivity index (χ3v) is 13.4. The number of unbranched alkanes of at least 4 members (excludes halogenated alkanes) is 32. The number of ether oxygens (including phenoxy) is 2. The van der Waals surface area contributed by atoms with Crippen molar-refractivity contribution in [1.82, 2.24) is 0 Å². The molecule has 414 valence electrons. The van der Waals surface area contributed by atoms with Crippen LogP contribution in [0, 0.1) is 0 Å². The molecule has 0 aliphatic carbocycles. The molecule has 5 nitrogen and oxygen atoms in total. The zero-order valence-corrected chi connectivity index (χ0v) is 47.4. The van der Waals surface area contributed by atoms with E-state index in [0.717, 1.165) is 96.3 Å². The largest absolute Gasteiger partial charge is 0.462 e. The predicted molar refractivity (Wildman–Crippen MR) is 316 cm³/mol. The topological polar surface area (TPSA) is 72.8 Å². The SMILES string of the molecule is CC/C=C\C/C=C\C/C=C\C/C=C\C/C=C\C/C=C\C/C=C\C/C=C\CCCCCCCCCCC(=O)OC(CO)COC(=O)CCCCCCCCCCCCCCCCCCCCCCCCCCC. The van der Waals surface area contributed by atoms with Crippen LogP contribution in [0.5, 0.6) is 0 Å². The maximum absolute atomic E-state index is 12.3. The minimum atomic E-state index is -0.782. The van der Waals surface area contributed by atoms with Gasteiger partial charge in [0, 0.05) is 12.8 Å². The fraction of sp³-hybridized carbons (Fsp3) is 0.731. The molecule has 0 amide bonds. The van der Waals surface area contributed by atoms with E-state index >= 15 is 0 Å². The molecule has 0 heterocycles.